The van der Waals surface area contributed by atoms with Crippen molar-refractivity contribution in [3.63, 3.8) is 0 Å². The third-order valence-corrected chi connectivity index (χ3v) is 3.40. The van der Waals surface area contributed by atoms with Crippen molar-refractivity contribution in [2.24, 2.45) is 0 Å². The second-order valence-corrected chi connectivity index (χ2v) is 5.33. The lowest BCUT2D eigenvalue weighted by molar-refractivity contribution is 0.102. The number of hydrogen-bond acceptors (Lipinski definition) is 4. The van der Waals surface area contributed by atoms with Crippen LogP contribution in [0.2, 0.25) is 0 Å². The van der Waals surface area contributed by atoms with Crippen LogP contribution in [-0.4, -0.2) is 25.7 Å². The zero-order valence-corrected chi connectivity index (χ0v) is 15.0. The van der Waals surface area contributed by atoms with Crippen molar-refractivity contribution in [3.8, 4) is 17.2 Å². The van der Waals surface area contributed by atoms with Gasteiger partial charge in [0, 0.05) is 5.56 Å². The summed E-state index contributed by atoms with van der Waals surface area (Å²) in [7, 11) is 0. The molecule has 0 spiro atoms. The number of anilines is 1. The molecule has 2 rings (SSSR count). The molecule has 0 aliphatic heterocycles. The highest BCUT2D eigenvalue weighted by atomic mass is 16.5. The molecule has 0 fully saturated rings. The van der Waals surface area contributed by atoms with E-state index in [4.69, 9.17) is 14.2 Å². The Morgan fingerprint density at radius 2 is 1.60 bits per heavy atom. The highest BCUT2D eigenvalue weighted by Gasteiger charge is 2.13. The first kappa shape index (κ1) is 18.6. The molecule has 0 unspecified atom stereocenters. The monoisotopic (exact) mass is 343 g/mol. The number of para-hydroxylation sites is 2. The second-order valence-electron chi connectivity index (χ2n) is 5.33. The molecular formula is C20H25NO4. The average Bonchev–Trinajstić information content (AvgIpc) is 2.62. The van der Waals surface area contributed by atoms with Gasteiger partial charge in [0.15, 0.2) is 11.5 Å². The first-order valence-electron chi connectivity index (χ1n) is 8.62. The lowest BCUT2D eigenvalue weighted by Gasteiger charge is -2.14. The van der Waals surface area contributed by atoms with Gasteiger partial charge in [-0.15, -0.1) is 0 Å². The van der Waals surface area contributed by atoms with E-state index in [1.165, 1.54) is 0 Å². The Bertz CT molecular complexity index is 700. The van der Waals surface area contributed by atoms with Crippen LogP contribution >= 0.6 is 0 Å². The van der Waals surface area contributed by atoms with Gasteiger partial charge >= 0.3 is 0 Å². The molecule has 0 atom stereocenters. The van der Waals surface area contributed by atoms with Crippen molar-refractivity contribution in [1.82, 2.24) is 0 Å². The van der Waals surface area contributed by atoms with Crippen LogP contribution in [0.5, 0.6) is 17.2 Å². The number of rotatable bonds is 9. The summed E-state index contributed by atoms with van der Waals surface area (Å²) in [5.41, 5.74) is 1.14. The third-order valence-electron chi connectivity index (χ3n) is 3.40. The van der Waals surface area contributed by atoms with Gasteiger partial charge < -0.3 is 19.5 Å². The van der Waals surface area contributed by atoms with Gasteiger partial charge in [0.25, 0.3) is 5.91 Å². The van der Waals surface area contributed by atoms with Gasteiger partial charge in [-0.3, -0.25) is 4.79 Å². The Balaban J connectivity index is 2.19. The van der Waals surface area contributed by atoms with Gasteiger partial charge in [0.1, 0.15) is 5.75 Å². The fraction of sp³-hybridized carbons (Fsp3) is 0.350. The van der Waals surface area contributed by atoms with Crippen LogP contribution < -0.4 is 19.5 Å². The topological polar surface area (TPSA) is 56.8 Å². The Labute approximate surface area is 148 Å². The molecule has 2 aromatic rings. The predicted molar refractivity (Wildman–Crippen MR) is 99.0 cm³/mol. The molecule has 0 aliphatic carbocycles. The molecular weight excluding hydrogens is 318 g/mol. The number of nitrogens with one attached hydrogen (secondary N) is 1. The van der Waals surface area contributed by atoms with Crippen molar-refractivity contribution in [3.05, 3.63) is 48.0 Å². The summed E-state index contributed by atoms with van der Waals surface area (Å²) in [5, 5.41) is 2.90. The number of amides is 1. The van der Waals surface area contributed by atoms with E-state index >= 15 is 0 Å². The van der Waals surface area contributed by atoms with Crippen molar-refractivity contribution in [2.45, 2.75) is 27.2 Å². The van der Waals surface area contributed by atoms with Crippen LogP contribution in [-0.2, 0) is 0 Å². The summed E-state index contributed by atoms with van der Waals surface area (Å²) in [6, 6.07) is 12.6. The van der Waals surface area contributed by atoms with Crippen LogP contribution in [0.1, 0.15) is 37.6 Å². The molecule has 5 nitrogen and oxygen atoms in total. The van der Waals surface area contributed by atoms with Crippen LogP contribution in [0.25, 0.3) is 0 Å². The minimum absolute atomic E-state index is 0.225. The summed E-state index contributed by atoms with van der Waals surface area (Å²) in [6.45, 7) is 7.47. The zero-order chi connectivity index (χ0) is 18.1. The van der Waals surface area contributed by atoms with Gasteiger partial charge in [-0.1, -0.05) is 19.1 Å². The van der Waals surface area contributed by atoms with Crippen LogP contribution in [0, 0.1) is 0 Å². The maximum absolute atomic E-state index is 12.6. The normalized spacial score (nSPS) is 10.2. The van der Waals surface area contributed by atoms with Gasteiger partial charge in [-0.05, 0) is 50.6 Å². The second kappa shape index (κ2) is 9.57. The van der Waals surface area contributed by atoms with Crippen molar-refractivity contribution in [2.75, 3.05) is 25.1 Å². The molecule has 0 saturated heterocycles. The van der Waals surface area contributed by atoms with Crippen molar-refractivity contribution >= 4 is 11.6 Å². The van der Waals surface area contributed by atoms with Gasteiger partial charge in [0.05, 0.1) is 25.5 Å². The molecule has 134 valence electrons. The lowest BCUT2D eigenvalue weighted by atomic mass is 10.1. The summed E-state index contributed by atoms with van der Waals surface area (Å²) in [5.74, 6) is 1.63. The highest BCUT2D eigenvalue weighted by molar-refractivity contribution is 6.05. The van der Waals surface area contributed by atoms with E-state index in [1.807, 2.05) is 45.0 Å². The maximum Gasteiger partial charge on any atom is 0.255 e. The zero-order valence-electron chi connectivity index (χ0n) is 15.0. The smallest absolute Gasteiger partial charge is 0.255 e. The van der Waals surface area contributed by atoms with Crippen molar-refractivity contribution in [1.29, 1.82) is 0 Å². The fourth-order valence-electron chi connectivity index (χ4n) is 2.29. The maximum atomic E-state index is 12.6. The molecule has 0 radical (unpaired) electrons. The Morgan fingerprint density at radius 1 is 0.880 bits per heavy atom. The Hall–Kier alpha value is -2.69. The lowest BCUT2D eigenvalue weighted by Crippen LogP contribution is -2.13. The summed E-state index contributed by atoms with van der Waals surface area (Å²) >= 11 is 0. The SMILES string of the molecule is CCCOc1ccccc1NC(=O)c1ccc(OCC)c(OCC)c1. The molecule has 0 bridgehead atoms. The summed E-state index contributed by atoms with van der Waals surface area (Å²) < 4.78 is 16.8. The Kier molecular flexibility index (Phi) is 7.14. The largest absolute Gasteiger partial charge is 0.491 e. The van der Waals surface area contributed by atoms with Crippen LogP contribution in [0.3, 0.4) is 0 Å². The molecule has 0 aliphatic rings. The molecule has 0 saturated carbocycles. The van der Waals surface area contributed by atoms with Gasteiger partial charge in [-0.25, -0.2) is 0 Å². The quantitative estimate of drug-likeness (QED) is 0.727. The fourth-order valence-corrected chi connectivity index (χ4v) is 2.29. The van der Waals surface area contributed by atoms with Gasteiger partial charge in [-0.2, -0.15) is 0 Å². The first-order chi connectivity index (χ1) is 12.2. The van der Waals surface area contributed by atoms with E-state index in [1.54, 1.807) is 18.2 Å². The number of carbonyl (C=O) groups is 1. The van der Waals surface area contributed by atoms with E-state index in [9.17, 15) is 4.79 Å². The molecule has 1 amide bonds. The van der Waals surface area contributed by atoms with Crippen LogP contribution in [0.4, 0.5) is 5.69 Å². The molecule has 1 N–H and O–H groups in total. The summed E-state index contributed by atoms with van der Waals surface area (Å²) in [4.78, 5) is 12.6. The number of hydrogen-bond donors (Lipinski definition) is 1. The van der Waals surface area contributed by atoms with E-state index in [2.05, 4.69) is 5.32 Å². The van der Waals surface area contributed by atoms with Crippen molar-refractivity contribution < 1.29 is 19.0 Å². The van der Waals surface area contributed by atoms with Crippen LogP contribution in [0.15, 0.2) is 42.5 Å². The minimum Gasteiger partial charge on any atom is -0.491 e. The molecule has 25 heavy (non-hydrogen) atoms. The van der Waals surface area contributed by atoms with Gasteiger partial charge in [0.2, 0.25) is 0 Å². The predicted octanol–water partition coefficient (Wildman–Crippen LogP) is 4.53. The van der Waals surface area contributed by atoms with E-state index in [0.717, 1.165) is 6.42 Å². The van der Waals surface area contributed by atoms with E-state index in [0.29, 0.717) is 48.3 Å². The summed E-state index contributed by atoms with van der Waals surface area (Å²) in [6.07, 6.45) is 0.902. The first-order valence-corrected chi connectivity index (χ1v) is 8.62. The molecule has 2 aromatic carbocycles. The standard InChI is InChI=1S/C20H25NO4/c1-4-13-25-17-10-8-7-9-16(17)21-20(22)15-11-12-18(23-5-2)19(14-15)24-6-3/h7-12,14H,4-6,13H2,1-3H3,(H,21,22). The molecule has 0 heterocycles. The third kappa shape index (κ3) is 5.14. The number of benzene rings is 2. The highest BCUT2D eigenvalue weighted by Crippen LogP contribution is 2.30. The van der Waals surface area contributed by atoms with E-state index < -0.39 is 0 Å². The molecule has 5 heteroatoms. The number of carbonyl (C=O) groups excluding carboxylic acids is 1. The number of ether oxygens (including phenoxy) is 3. The Morgan fingerprint density at radius 3 is 2.32 bits per heavy atom. The van der Waals surface area contributed by atoms with E-state index in [-0.39, 0.29) is 5.91 Å². The molecule has 0 aromatic heterocycles. The minimum atomic E-state index is -0.225. The average molecular weight is 343 g/mol.